The van der Waals surface area contributed by atoms with Crippen molar-refractivity contribution in [1.82, 2.24) is 5.32 Å². The molecule has 2 rings (SSSR count). The minimum atomic E-state index is -0.103. The molecular formula is C21H25NO2. The lowest BCUT2D eigenvalue weighted by molar-refractivity contribution is 0.0963. The topological polar surface area (TPSA) is 38.3 Å². The number of nitrogens with one attached hydrogen (secondary N) is 1. The Morgan fingerprint density at radius 1 is 1.08 bits per heavy atom. The summed E-state index contributed by atoms with van der Waals surface area (Å²) in [5, 5.41) is 2.60. The van der Waals surface area contributed by atoms with Crippen molar-refractivity contribution in [3.63, 3.8) is 0 Å². The van der Waals surface area contributed by atoms with Crippen molar-refractivity contribution in [3.05, 3.63) is 72.3 Å². The van der Waals surface area contributed by atoms with E-state index in [2.05, 4.69) is 37.9 Å². The van der Waals surface area contributed by atoms with Gasteiger partial charge in [0.1, 0.15) is 11.5 Å². The van der Waals surface area contributed by atoms with E-state index in [-0.39, 0.29) is 5.91 Å². The third-order valence-corrected chi connectivity index (χ3v) is 4.38. The second kappa shape index (κ2) is 8.34. The molecule has 0 aliphatic carbocycles. The molecule has 3 nitrogen and oxygen atoms in total. The molecule has 0 aliphatic rings. The highest BCUT2D eigenvalue weighted by Crippen LogP contribution is 2.29. The summed E-state index contributed by atoms with van der Waals surface area (Å²) in [6, 6.07) is 15.3. The SMILES string of the molecule is C=CCC(C)C(C)c1ccc(Oc2ccc(C(=O)NC)cc2)cc1. The monoisotopic (exact) mass is 323 g/mol. The maximum absolute atomic E-state index is 11.5. The van der Waals surface area contributed by atoms with Gasteiger partial charge in [0.2, 0.25) is 0 Å². The smallest absolute Gasteiger partial charge is 0.251 e. The Balaban J connectivity index is 2.03. The lowest BCUT2D eigenvalue weighted by Crippen LogP contribution is -2.17. The first-order chi connectivity index (χ1) is 11.5. The Bertz CT molecular complexity index is 674. The van der Waals surface area contributed by atoms with Crippen LogP contribution in [0.5, 0.6) is 11.5 Å². The fraction of sp³-hybridized carbons (Fsp3) is 0.286. The van der Waals surface area contributed by atoms with Gasteiger partial charge in [0.25, 0.3) is 5.91 Å². The summed E-state index contributed by atoms with van der Waals surface area (Å²) < 4.78 is 5.84. The molecular weight excluding hydrogens is 298 g/mol. The average molecular weight is 323 g/mol. The highest BCUT2D eigenvalue weighted by atomic mass is 16.5. The van der Waals surface area contributed by atoms with Crippen LogP contribution in [0.15, 0.2) is 61.2 Å². The van der Waals surface area contributed by atoms with Crippen LogP contribution in [0.25, 0.3) is 0 Å². The summed E-state index contributed by atoms with van der Waals surface area (Å²) in [6.07, 6.45) is 2.98. The van der Waals surface area contributed by atoms with E-state index in [0.717, 1.165) is 12.2 Å². The lowest BCUT2D eigenvalue weighted by Gasteiger charge is -2.19. The van der Waals surface area contributed by atoms with Crippen LogP contribution in [0.1, 0.15) is 42.1 Å². The number of allylic oxidation sites excluding steroid dienone is 1. The molecule has 2 aromatic rings. The van der Waals surface area contributed by atoms with Crippen LogP contribution >= 0.6 is 0 Å². The molecule has 0 saturated carbocycles. The predicted molar refractivity (Wildman–Crippen MR) is 98.7 cm³/mol. The molecule has 3 heteroatoms. The van der Waals surface area contributed by atoms with E-state index in [1.54, 1.807) is 31.3 Å². The molecule has 0 spiro atoms. The van der Waals surface area contributed by atoms with E-state index in [1.807, 2.05) is 18.2 Å². The molecule has 0 fully saturated rings. The first-order valence-corrected chi connectivity index (χ1v) is 8.26. The van der Waals surface area contributed by atoms with Crippen molar-refractivity contribution in [1.29, 1.82) is 0 Å². The van der Waals surface area contributed by atoms with E-state index in [9.17, 15) is 4.79 Å². The number of amides is 1. The Kier molecular flexibility index (Phi) is 6.19. The first-order valence-electron chi connectivity index (χ1n) is 8.26. The van der Waals surface area contributed by atoms with Crippen LogP contribution in [-0.4, -0.2) is 13.0 Å². The van der Waals surface area contributed by atoms with E-state index in [1.165, 1.54) is 5.56 Å². The maximum atomic E-state index is 11.5. The summed E-state index contributed by atoms with van der Waals surface area (Å²) >= 11 is 0. The molecule has 126 valence electrons. The molecule has 2 unspecified atom stereocenters. The van der Waals surface area contributed by atoms with Gasteiger partial charge in [-0.05, 0) is 60.2 Å². The van der Waals surface area contributed by atoms with Crippen molar-refractivity contribution >= 4 is 5.91 Å². The summed E-state index contributed by atoms with van der Waals surface area (Å²) in [7, 11) is 1.62. The molecule has 2 atom stereocenters. The van der Waals surface area contributed by atoms with Gasteiger partial charge in [0.05, 0.1) is 0 Å². The van der Waals surface area contributed by atoms with Crippen molar-refractivity contribution in [2.75, 3.05) is 7.05 Å². The van der Waals surface area contributed by atoms with Crippen LogP contribution < -0.4 is 10.1 Å². The van der Waals surface area contributed by atoms with E-state index in [0.29, 0.717) is 23.1 Å². The summed E-state index contributed by atoms with van der Waals surface area (Å²) in [4.78, 5) is 11.5. The molecule has 0 heterocycles. The number of benzene rings is 2. The zero-order valence-corrected chi connectivity index (χ0v) is 14.6. The second-order valence-corrected chi connectivity index (χ2v) is 6.06. The largest absolute Gasteiger partial charge is 0.457 e. The predicted octanol–water partition coefficient (Wildman–Crippen LogP) is 5.15. The highest BCUT2D eigenvalue weighted by Gasteiger charge is 2.13. The Morgan fingerprint density at radius 3 is 2.12 bits per heavy atom. The fourth-order valence-electron chi connectivity index (χ4n) is 2.59. The Hall–Kier alpha value is -2.55. The van der Waals surface area contributed by atoms with E-state index >= 15 is 0 Å². The molecule has 0 radical (unpaired) electrons. The number of rotatable bonds is 7. The first kappa shape index (κ1) is 17.8. The van der Waals surface area contributed by atoms with Crippen molar-refractivity contribution in [3.8, 4) is 11.5 Å². The zero-order chi connectivity index (χ0) is 17.5. The Morgan fingerprint density at radius 2 is 1.62 bits per heavy atom. The number of hydrogen-bond acceptors (Lipinski definition) is 2. The number of carbonyl (C=O) groups excluding carboxylic acids is 1. The van der Waals surface area contributed by atoms with Crippen molar-refractivity contribution in [2.45, 2.75) is 26.2 Å². The van der Waals surface area contributed by atoms with E-state index in [4.69, 9.17) is 4.74 Å². The van der Waals surface area contributed by atoms with Gasteiger partial charge in [-0.15, -0.1) is 6.58 Å². The molecule has 1 N–H and O–H groups in total. The quantitative estimate of drug-likeness (QED) is 0.715. The average Bonchev–Trinajstić information content (AvgIpc) is 2.62. The summed E-state index contributed by atoms with van der Waals surface area (Å²) in [6.45, 7) is 8.29. The normalized spacial score (nSPS) is 13.0. The van der Waals surface area contributed by atoms with Crippen molar-refractivity contribution < 1.29 is 9.53 Å². The van der Waals surface area contributed by atoms with Crippen LogP contribution in [0, 0.1) is 5.92 Å². The molecule has 0 aliphatic heterocycles. The minimum Gasteiger partial charge on any atom is -0.457 e. The number of carbonyl (C=O) groups is 1. The summed E-state index contributed by atoms with van der Waals surface area (Å²) in [5.41, 5.74) is 1.91. The fourth-order valence-corrected chi connectivity index (χ4v) is 2.59. The van der Waals surface area contributed by atoms with Gasteiger partial charge >= 0.3 is 0 Å². The van der Waals surface area contributed by atoms with E-state index < -0.39 is 0 Å². The van der Waals surface area contributed by atoms with Gasteiger partial charge in [0, 0.05) is 12.6 Å². The summed E-state index contributed by atoms with van der Waals surface area (Å²) in [5.74, 6) is 2.43. The maximum Gasteiger partial charge on any atom is 0.251 e. The van der Waals surface area contributed by atoms with Gasteiger partial charge in [-0.1, -0.05) is 32.1 Å². The second-order valence-electron chi connectivity index (χ2n) is 6.06. The molecule has 0 bridgehead atoms. The van der Waals surface area contributed by atoms with Crippen LogP contribution in [0.4, 0.5) is 0 Å². The van der Waals surface area contributed by atoms with Crippen molar-refractivity contribution in [2.24, 2.45) is 5.92 Å². The molecule has 0 aromatic heterocycles. The number of hydrogen-bond donors (Lipinski definition) is 1. The molecule has 1 amide bonds. The van der Waals surface area contributed by atoms with Gasteiger partial charge in [-0.2, -0.15) is 0 Å². The molecule has 0 saturated heterocycles. The number of ether oxygens (including phenoxy) is 1. The van der Waals surface area contributed by atoms with Crippen LogP contribution in [-0.2, 0) is 0 Å². The Labute approximate surface area is 144 Å². The standard InChI is InChI=1S/C21H25NO2/c1-5-6-15(2)16(3)17-7-11-19(12-8-17)24-20-13-9-18(10-14-20)21(23)22-4/h5,7-16H,1,6H2,2-4H3,(H,22,23). The van der Waals surface area contributed by atoms with Crippen LogP contribution in [0.3, 0.4) is 0 Å². The van der Waals surface area contributed by atoms with Gasteiger partial charge in [0.15, 0.2) is 0 Å². The third-order valence-electron chi connectivity index (χ3n) is 4.38. The lowest BCUT2D eigenvalue weighted by atomic mass is 9.87. The van der Waals surface area contributed by atoms with Crippen LogP contribution in [0.2, 0.25) is 0 Å². The minimum absolute atomic E-state index is 0.103. The van der Waals surface area contributed by atoms with Gasteiger partial charge < -0.3 is 10.1 Å². The zero-order valence-electron chi connectivity index (χ0n) is 14.6. The molecule has 2 aromatic carbocycles. The van der Waals surface area contributed by atoms with Gasteiger partial charge in [-0.25, -0.2) is 0 Å². The van der Waals surface area contributed by atoms with Gasteiger partial charge in [-0.3, -0.25) is 4.79 Å². The highest BCUT2D eigenvalue weighted by molar-refractivity contribution is 5.94. The third kappa shape index (κ3) is 4.48. The molecule has 24 heavy (non-hydrogen) atoms.